The fourth-order valence-corrected chi connectivity index (χ4v) is 4.32. The molecule has 31 heavy (non-hydrogen) atoms. The van der Waals surface area contributed by atoms with Crippen molar-refractivity contribution in [3.05, 3.63) is 82.6 Å². The third kappa shape index (κ3) is 3.41. The summed E-state index contributed by atoms with van der Waals surface area (Å²) in [5.74, 6) is 0.0586. The highest BCUT2D eigenvalue weighted by molar-refractivity contribution is 6.14. The van der Waals surface area contributed by atoms with Crippen LogP contribution in [0.2, 0.25) is 0 Å². The van der Waals surface area contributed by atoms with Gasteiger partial charge in [0.05, 0.1) is 11.6 Å². The Labute approximate surface area is 178 Å². The maximum atomic E-state index is 13.0. The average molecular weight is 410 g/mol. The normalized spacial score (nSPS) is 13.8. The summed E-state index contributed by atoms with van der Waals surface area (Å²) in [7, 11) is 0. The van der Waals surface area contributed by atoms with Crippen LogP contribution < -0.4 is 11.3 Å². The minimum absolute atomic E-state index is 0.0586. The first-order valence-corrected chi connectivity index (χ1v) is 10.4. The summed E-state index contributed by atoms with van der Waals surface area (Å²) in [5, 5.41) is 10.3. The summed E-state index contributed by atoms with van der Waals surface area (Å²) in [5.41, 5.74) is 10.4. The molecule has 5 rings (SSSR count). The molecule has 0 amide bonds. The Hall–Kier alpha value is -3.77. The maximum Gasteiger partial charge on any atom is 0.256 e. The number of allylic oxidation sites excluding steroid dienone is 4. The van der Waals surface area contributed by atoms with Gasteiger partial charge in [-0.15, -0.1) is 0 Å². The van der Waals surface area contributed by atoms with Crippen LogP contribution in [0.15, 0.2) is 65.9 Å². The van der Waals surface area contributed by atoms with Gasteiger partial charge in [0.15, 0.2) is 5.78 Å². The van der Waals surface area contributed by atoms with E-state index in [0.717, 1.165) is 56.8 Å². The number of ketones is 1. The summed E-state index contributed by atoms with van der Waals surface area (Å²) < 4.78 is 0. The van der Waals surface area contributed by atoms with Gasteiger partial charge in [-0.1, -0.05) is 24.3 Å². The van der Waals surface area contributed by atoms with Crippen molar-refractivity contribution in [2.45, 2.75) is 19.3 Å². The number of aromatic nitrogens is 3. The van der Waals surface area contributed by atoms with Gasteiger partial charge in [-0.3, -0.25) is 14.7 Å². The summed E-state index contributed by atoms with van der Waals surface area (Å²) in [6, 6.07) is 8.25. The lowest BCUT2D eigenvalue weighted by Crippen LogP contribution is -2.10. The van der Waals surface area contributed by atoms with Gasteiger partial charge in [-0.25, -0.2) is 0 Å². The third-order valence-electron chi connectivity index (χ3n) is 5.81. The fourth-order valence-electron chi connectivity index (χ4n) is 4.32. The predicted octanol–water partition coefficient (Wildman–Crippen LogP) is 3.88. The molecule has 4 N–H and O–H groups in total. The number of nitrogens with two attached hydrogens (primary N) is 1. The Morgan fingerprint density at radius 2 is 1.94 bits per heavy atom. The minimum Gasteiger partial charge on any atom is -0.330 e. The predicted molar refractivity (Wildman–Crippen MR) is 124 cm³/mol. The molecule has 0 spiro atoms. The molecule has 6 nitrogen and oxygen atoms in total. The first-order chi connectivity index (χ1) is 15.2. The second-order valence-corrected chi connectivity index (χ2v) is 7.80. The fraction of sp³-hybridized carbons (Fsp3) is 0.160. The van der Waals surface area contributed by atoms with Crippen molar-refractivity contribution in [2.24, 2.45) is 5.73 Å². The first-order valence-electron chi connectivity index (χ1n) is 10.4. The van der Waals surface area contributed by atoms with Crippen molar-refractivity contribution in [1.82, 2.24) is 15.2 Å². The molecule has 0 radical (unpaired) electrons. The van der Waals surface area contributed by atoms with Crippen LogP contribution in [0.1, 0.15) is 24.0 Å². The Balaban J connectivity index is 1.86. The van der Waals surface area contributed by atoms with E-state index in [-0.39, 0.29) is 11.3 Å². The van der Waals surface area contributed by atoms with E-state index < -0.39 is 0 Å². The van der Waals surface area contributed by atoms with Gasteiger partial charge in [-0.2, -0.15) is 5.10 Å². The van der Waals surface area contributed by atoms with E-state index in [1.165, 1.54) is 0 Å². The largest absolute Gasteiger partial charge is 0.330 e. The lowest BCUT2D eigenvalue weighted by molar-refractivity contribution is -0.113. The number of pyridine rings is 1. The Kier molecular flexibility index (Phi) is 4.84. The van der Waals surface area contributed by atoms with Gasteiger partial charge in [0.1, 0.15) is 0 Å². The number of aryl methyl sites for hydroxylation is 1. The molecule has 0 saturated heterocycles. The number of nitrogens with zero attached hydrogens (tertiary/aromatic N) is 1. The lowest BCUT2D eigenvalue weighted by Gasteiger charge is -2.15. The molecule has 154 valence electrons. The number of benzene rings is 2. The second kappa shape index (κ2) is 7.81. The number of carbonyl (C=O) groups is 1. The molecular weight excluding hydrogens is 388 g/mol. The average Bonchev–Trinajstić information content (AvgIpc) is 3.32. The molecule has 4 aromatic rings. The van der Waals surface area contributed by atoms with Crippen molar-refractivity contribution in [3.63, 3.8) is 0 Å². The third-order valence-corrected chi connectivity index (χ3v) is 5.81. The van der Waals surface area contributed by atoms with Crippen molar-refractivity contribution in [2.75, 3.05) is 6.54 Å². The van der Waals surface area contributed by atoms with Crippen LogP contribution in [0.5, 0.6) is 0 Å². The number of rotatable bonds is 5. The van der Waals surface area contributed by atoms with Crippen molar-refractivity contribution in [3.8, 4) is 11.1 Å². The molecule has 1 aliphatic carbocycles. The van der Waals surface area contributed by atoms with Gasteiger partial charge in [0.25, 0.3) is 5.56 Å². The van der Waals surface area contributed by atoms with E-state index in [0.29, 0.717) is 18.4 Å². The molecule has 0 bridgehead atoms. The molecule has 2 aromatic carbocycles. The van der Waals surface area contributed by atoms with Gasteiger partial charge < -0.3 is 10.7 Å². The van der Waals surface area contributed by atoms with E-state index in [4.69, 9.17) is 5.73 Å². The number of hydrogen-bond donors (Lipinski definition) is 3. The van der Waals surface area contributed by atoms with Gasteiger partial charge in [0.2, 0.25) is 0 Å². The number of nitrogens with one attached hydrogen (secondary N) is 2. The summed E-state index contributed by atoms with van der Waals surface area (Å²) in [6.07, 6.45) is 12.8. The van der Waals surface area contributed by atoms with Crippen LogP contribution in [-0.4, -0.2) is 27.5 Å². The molecule has 1 aliphatic rings. The van der Waals surface area contributed by atoms with Crippen LogP contribution in [0.4, 0.5) is 0 Å². The van der Waals surface area contributed by atoms with Crippen molar-refractivity contribution in [1.29, 1.82) is 0 Å². The molecule has 0 aliphatic heterocycles. The zero-order chi connectivity index (χ0) is 21.4. The molecule has 0 unspecified atom stereocenters. The maximum absolute atomic E-state index is 13.0. The zero-order valence-electron chi connectivity index (χ0n) is 16.9. The molecule has 0 atom stereocenters. The second-order valence-electron chi connectivity index (χ2n) is 7.80. The highest BCUT2D eigenvalue weighted by Crippen LogP contribution is 2.35. The molecule has 2 aromatic heterocycles. The number of hydrogen-bond acceptors (Lipinski definition) is 4. The summed E-state index contributed by atoms with van der Waals surface area (Å²) in [6.45, 7) is 0.595. The molecule has 2 heterocycles. The highest BCUT2D eigenvalue weighted by Gasteiger charge is 2.16. The zero-order valence-corrected chi connectivity index (χ0v) is 16.9. The number of H-pyrrole nitrogens is 2. The molecule has 0 saturated carbocycles. The Morgan fingerprint density at radius 1 is 1.03 bits per heavy atom. The standard InChI is InChI=1S/C25H22N4O2/c26-8-2-4-17-11-22-23(16-3-1-5-19(30)9-16)14-27-25(31)24(22)21-10-15(6-7-20(17)21)18-12-28-29-13-18/h1,3,6-7,9-14H,2,4-5,8,26H2,(H,27,31)(H,28,29). The van der Waals surface area contributed by atoms with Crippen LogP contribution in [-0.2, 0) is 11.2 Å². The van der Waals surface area contributed by atoms with Crippen molar-refractivity contribution < 1.29 is 4.79 Å². The van der Waals surface area contributed by atoms with Crippen LogP contribution in [0.25, 0.3) is 38.2 Å². The van der Waals surface area contributed by atoms with E-state index in [1.54, 1.807) is 18.5 Å². The number of carbonyl (C=O) groups excluding carboxylic acids is 1. The van der Waals surface area contributed by atoms with Crippen LogP contribution in [0.3, 0.4) is 0 Å². The van der Waals surface area contributed by atoms with Crippen molar-refractivity contribution >= 4 is 32.9 Å². The highest BCUT2D eigenvalue weighted by atomic mass is 16.1. The van der Waals surface area contributed by atoms with E-state index >= 15 is 0 Å². The monoisotopic (exact) mass is 410 g/mol. The molecule has 0 fully saturated rings. The number of fused-ring (bicyclic) bond motifs is 3. The smallest absolute Gasteiger partial charge is 0.256 e. The van der Waals surface area contributed by atoms with E-state index in [9.17, 15) is 9.59 Å². The van der Waals surface area contributed by atoms with Gasteiger partial charge >= 0.3 is 0 Å². The van der Waals surface area contributed by atoms with Crippen LogP contribution in [0, 0.1) is 0 Å². The number of aromatic amines is 2. The topological polar surface area (TPSA) is 105 Å². The van der Waals surface area contributed by atoms with Crippen LogP contribution >= 0.6 is 0 Å². The SMILES string of the molecule is NCCCc1cc2c(C3=CC(=O)CC=C3)c[nH]c(=O)c2c2cc(-c3cn[nH]c3)ccc12. The Bertz CT molecular complexity index is 1430. The van der Waals surface area contributed by atoms with E-state index in [2.05, 4.69) is 27.3 Å². The summed E-state index contributed by atoms with van der Waals surface area (Å²) >= 11 is 0. The minimum atomic E-state index is -0.148. The summed E-state index contributed by atoms with van der Waals surface area (Å²) in [4.78, 5) is 27.9. The lowest BCUT2D eigenvalue weighted by atomic mass is 9.89. The quantitative estimate of drug-likeness (QED) is 0.434. The van der Waals surface area contributed by atoms with E-state index in [1.807, 2.05) is 30.5 Å². The first kappa shape index (κ1) is 19.2. The molecule has 6 heteroatoms. The van der Waals surface area contributed by atoms with Gasteiger partial charge in [-0.05, 0) is 70.5 Å². The van der Waals surface area contributed by atoms with Gasteiger partial charge in [0, 0.05) is 29.9 Å². The Morgan fingerprint density at radius 3 is 2.71 bits per heavy atom. The molecular formula is C25H22N4O2.